The second-order valence-electron chi connectivity index (χ2n) is 7.69. The Hall–Kier alpha value is -2.73. The summed E-state index contributed by atoms with van der Waals surface area (Å²) in [5.41, 5.74) is 6.02. The third kappa shape index (κ3) is 4.96. The van der Waals surface area contributed by atoms with Crippen LogP contribution in [0.5, 0.6) is 11.5 Å². The molecule has 1 N–H and O–H groups in total. The first kappa shape index (κ1) is 21.5. The van der Waals surface area contributed by atoms with Gasteiger partial charge in [-0.3, -0.25) is 0 Å². The van der Waals surface area contributed by atoms with Crippen molar-refractivity contribution in [2.45, 2.75) is 27.0 Å². The molecule has 0 aliphatic heterocycles. The molecule has 0 radical (unpaired) electrons. The Labute approximate surface area is 197 Å². The number of ether oxygens (including phenoxy) is 2. The molecule has 0 aromatic heterocycles. The van der Waals surface area contributed by atoms with Crippen LogP contribution in [0.1, 0.15) is 22.3 Å². The first-order chi connectivity index (χ1) is 15.0. The Morgan fingerprint density at radius 2 is 1.68 bits per heavy atom. The van der Waals surface area contributed by atoms with Crippen LogP contribution in [0.2, 0.25) is 0 Å². The third-order valence-electron chi connectivity index (χ3n) is 5.54. The van der Waals surface area contributed by atoms with Crippen molar-refractivity contribution in [2.75, 3.05) is 12.4 Å². The van der Waals surface area contributed by atoms with Gasteiger partial charge in [-0.25, -0.2) is 0 Å². The Bertz CT molecular complexity index is 1210. The van der Waals surface area contributed by atoms with E-state index in [9.17, 15) is 0 Å². The summed E-state index contributed by atoms with van der Waals surface area (Å²) < 4.78 is 13.0. The predicted octanol–water partition coefficient (Wildman–Crippen LogP) is 7.26. The highest BCUT2D eigenvalue weighted by Crippen LogP contribution is 2.35. The molecular formula is C27H26INO2. The summed E-state index contributed by atoms with van der Waals surface area (Å²) in [5, 5.41) is 5.94. The van der Waals surface area contributed by atoms with Gasteiger partial charge in [-0.1, -0.05) is 48.5 Å². The molecule has 0 spiro atoms. The van der Waals surface area contributed by atoms with Gasteiger partial charge in [-0.05, 0) is 93.7 Å². The molecule has 0 saturated carbocycles. The van der Waals surface area contributed by atoms with E-state index < -0.39 is 0 Å². The molecule has 158 valence electrons. The Morgan fingerprint density at radius 1 is 0.871 bits per heavy atom. The molecule has 0 fully saturated rings. The van der Waals surface area contributed by atoms with E-state index in [4.69, 9.17) is 9.47 Å². The SMILES string of the molecule is COc1cc(CNc2ccc(C)c(C)c2)cc(I)c1OCc1cccc2ccccc12. The zero-order valence-electron chi connectivity index (χ0n) is 18.0. The molecule has 4 heteroatoms. The van der Waals surface area contributed by atoms with Gasteiger partial charge in [0.1, 0.15) is 6.61 Å². The van der Waals surface area contributed by atoms with Crippen LogP contribution >= 0.6 is 22.6 Å². The lowest BCUT2D eigenvalue weighted by atomic mass is 10.1. The topological polar surface area (TPSA) is 30.5 Å². The van der Waals surface area contributed by atoms with Crippen molar-refractivity contribution in [2.24, 2.45) is 0 Å². The first-order valence-electron chi connectivity index (χ1n) is 10.3. The van der Waals surface area contributed by atoms with Gasteiger partial charge >= 0.3 is 0 Å². The molecular weight excluding hydrogens is 497 g/mol. The van der Waals surface area contributed by atoms with E-state index in [1.54, 1.807) is 7.11 Å². The summed E-state index contributed by atoms with van der Waals surface area (Å²) in [6.45, 7) is 5.48. The lowest BCUT2D eigenvalue weighted by Gasteiger charge is -2.16. The fraction of sp³-hybridized carbons (Fsp3) is 0.185. The van der Waals surface area contributed by atoms with E-state index in [1.165, 1.54) is 21.9 Å². The Morgan fingerprint density at radius 3 is 2.48 bits per heavy atom. The number of hydrogen-bond donors (Lipinski definition) is 1. The molecule has 0 atom stereocenters. The normalized spacial score (nSPS) is 10.8. The van der Waals surface area contributed by atoms with E-state index in [-0.39, 0.29) is 0 Å². The average molecular weight is 523 g/mol. The lowest BCUT2D eigenvalue weighted by molar-refractivity contribution is 0.283. The van der Waals surface area contributed by atoms with Crippen molar-refractivity contribution in [3.63, 3.8) is 0 Å². The van der Waals surface area contributed by atoms with Crippen molar-refractivity contribution in [1.82, 2.24) is 0 Å². The van der Waals surface area contributed by atoms with Crippen LogP contribution in [0.25, 0.3) is 10.8 Å². The van der Waals surface area contributed by atoms with Gasteiger partial charge in [0.2, 0.25) is 0 Å². The minimum absolute atomic E-state index is 0.494. The van der Waals surface area contributed by atoms with Crippen LogP contribution in [-0.2, 0) is 13.2 Å². The van der Waals surface area contributed by atoms with Gasteiger partial charge in [0.05, 0.1) is 10.7 Å². The maximum absolute atomic E-state index is 6.25. The Balaban J connectivity index is 1.51. The number of fused-ring (bicyclic) bond motifs is 1. The molecule has 0 bridgehead atoms. The van der Waals surface area contributed by atoms with Crippen LogP contribution < -0.4 is 14.8 Å². The van der Waals surface area contributed by atoms with E-state index in [0.717, 1.165) is 38.4 Å². The van der Waals surface area contributed by atoms with Crippen molar-refractivity contribution in [3.05, 3.63) is 98.6 Å². The molecule has 3 nitrogen and oxygen atoms in total. The van der Waals surface area contributed by atoms with E-state index in [2.05, 4.69) is 115 Å². The molecule has 4 aromatic carbocycles. The third-order valence-corrected chi connectivity index (χ3v) is 6.35. The van der Waals surface area contributed by atoms with E-state index in [1.807, 2.05) is 0 Å². The highest BCUT2D eigenvalue weighted by Gasteiger charge is 2.13. The van der Waals surface area contributed by atoms with Gasteiger partial charge < -0.3 is 14.8 Å². The summed E-state index contributed by atoms with van der Waals surface area (Å²) in [6.07, 6.45) is 0. The Kier molecular flexibility index (Phi) is 6.66. The largest absolute Gasteiger partial charge is 0.493 e. The molecule has 0 aliphatic rings. The molecule has 4 rings (SSSR count). The minimum Gasteiger partial charge on any atom is -0.493 e. The van der Waals surface area contributed by atoms with Crippen LogP contribution in [0, 0.1) is 17.4 Å². The van der Waals surface area contributed by atoms with Gasteiger partial charge in [0.25, 0.3) is 0 Å². The number of rotatable bonds is 7. The monoisotopic (exact) mass is 523 g/mol. The second kappa shape index (κ2) is 9.60. The number of nitrogens with one attached hydrogen (secondary N) is 1. The number of halogens is 1. The zero-order chi connectivity index (χ0) is 21.8. The zero-order valence-corrected chi connectivity index (χ0v) is 20.2. The van der Waals surface area contributed by atoms with Crippen molar-refractivity contribution in [3.8, 4) is 11.5 Å². The van der Waals surface area contributed by atoms with Crippen LogP contribution in [-0.4, -0.2) is 7.11 Å². The summed E-state index contributed by atoms with van der Waals surface area (Å²) in [6, 6.07) is 25.3. The highest BCUT2D eigenvalue weighted by atomic mass is 127. The second-order valence-corrected chi connectivity index (χ2v) is 8.85. The molecule has 0 amide bonds. The van der Waals surface area contributed by atoms with Gasteiger partial charge in [-0.2, -0.15) is 0 Å². The molecule has 0 unspecified atom stereocenters. The smallest absolute Gasteiger partial charge is 0.174 e. The molecule has 4 aromatic rings. The predicted molar refractivity (Wildman–Crippen MR) is 137 cm³/mol. The van der Waals surface area contributed by atoms with E-state index in [0.29, 0.717) is 6.61 Å². The van der Waals surface area contributed by atoms with Gasteiger partial charge in [-0.15, -0.1) is 0 Å². The number of benzene rings is 4. The van der Waals surface area contributed by atoms with Crippen molar-refractivity contribution < 1.29 is 9.47 Å². The number of aryl methyl sites for hydroxylation is 2. The molecule has 0 saturated heterocycles. The fourth-order valence-electron chi connectivity index (χ4n) is 3.64. The van der Waals surface area contributed by atoms with Gasteiger partial charge in [0, 0.05) is 12.2 Å². The molecule has 31 heavy (non-hydrogen) atoms. The van der Waals surface area contributed by atoms with Gasteiger partial charge in [0.15, 0.2) is 11.5 Å². The van der Waals surface area contributed by atoms with Crippen LogP contribution in [0.3, 0.4) is 0 Å². The van der Waals surface area contributed by atoms with Crippen LogP contribution in [0.15, 0.2) is 72.8 Å². The summed E-state index contributed by atoms with van der Waals surface area (Å²) >= 11 is 2.33. The number of hydrogen-bond acceptors (Lipinski definition) is 3. The van der Waals surface area contributed by atoms with E-state index >= 15 is 0 Å². The minimum atomic E-state index is 0.494. The van der Waals surface area contributed by atoms with Crippen molar-refractivity contribution in [1.29, 1.82) is 0 Å². The highest BCUT2D eigenvalue weighted by molar-refractivity contribution is 14.1. The number of anilines is 1. The first-order valence-corrected chi connectivity index (χ1v) is 11.4. The maximum Gasteiger partial charge on any atom is 0.174 e. The lowest BCUT2D eigenvalue weighted by Crippen LogP contribution is -2.04. The molecule has 0 aliphatic carbocycles. The maximum atomic E-state index is 6.25. The summed E-state index contributed by atoms with van der Waals surface area (Å²) in [5.74, 6) is 1.54. The van der Waals surface area contributed by atoms with Crippen LogP contribution in [0.4, 0.5) is 5.69 Å². The quantitative estimate of drug-likeness (QED) is 0.259. The number of methoxy groups -OCH3 is 1. The molecule has 0 heterocycles. The van der Waals surface area contributed by atoms with Crippen molar-refractivity contribution >= 4 is 39.1 Å². The standard InChI is InChI=1S/C27H26INO2/c1-18-11-12-23(13-19(18)2)29-16-20-14-25(28)27(26(15-20)30-3)31-17-22-9-6-8-21-7-4-5-10-24(21)22/h4-15,29H,16-17H2,1-3H3. The average Bonchev–Trinajstić information content (AvgIpc) is 2.78. The summed E-state index contributed by atoms with van der Waals surface area (Å²) in [7, 11) is 1.69. The fourth-order valence-corrected chi connectivity index (χ4v) is 4.46. The summed E-state index contributed by atoms with van der Waals surface area (Å²) in [4.78, 5) is 0.